The fourth-order valence-corrected chi connectivity index (χ4v) is 4.04. The number of hydrogen-bond acceptors (Lipinski definition) is 8. The predicted molar refractivity (Wildman–Crippen MR) is 108 cm³/mol. The van der Waals surface area contributed by atoms with Gasteiger partial charge in [0.05, 0.1) is 12.6 Å². The summed E-state index contributed by atoms with van der Waals surface area (Å²) in [5.41, 5.74) is 0.872. The topological polar surface area (TPSA) is 105 Å². The van der Waals surface area contributed by atoms with Crippen LogP contribution in [0.5, 0.6) is 0 Å². The Morgan fingerprint density at radius 3 is 2.77 bits per heavy atom. The molecule has 31 heavy (non-hydrogen) atoms. The average molecular weight is 437 g/mol. The van der Waals surface area contributed by atoms with Crippen LogP contribution in [0.25, 0.3) is 0 Å². The zero-order valence-corrected chi connectivity index (χ0v) is 17.9. The maximum atomic E-state index is 12.5. The summed E-state index contributed by atoms with van der Waals surface area (Å²) in [5.74, 6) is -0.842. The van der Waals surface area contributed by atoms with Gasteiger partial charge in [0.1, 0.15) is 24.9 Å². The van der Waals surface area contributed by atoms with Gasteiger partial charge in [-0.15, -0.1) is 0 Å². The number of carbonyl (C=O) groups is 1. The first-order valence-electron chi connectivity index (χ1n) is 10.8. The van der Waals surface area contributed by atoms with Crippen molar-refractivity contribution < 1.29 is 38.3 Å². The lowest BCUT2D eigenvalue weighted by atomic mass is 10.0. The molecule has 3 fully saturated rings. The molecule has 1 amide bonds. The summed E-state index contributed by atoms with van der Waals surface area (Å²) in [6.07, 6.45) is -1.30. The molecule has 6 atom stereocenters. The highest BCUT2D eigenvalue weighted by Crippen LogP contribution is 2.38. The summed E-state index contributed by atoms with van der Waals surface area (Å²) in [4.78, 5) is 12.5. The number of nitrogens with one attached hydrogen (secondary N) is 1. The molecule has 1 aromatic rings. The van der Waals surface area contributed by atoms with Crippen LogP contribution in [0.2, 0.25) is 0 Å². The van der Waals surface area contributed by atoms with Crippen molar-refractivity contribution in [2.24, 2.45) is 0 Å². The zero-order chi connectivity index (χ0) is 21.8. The highest BCUT2D eigenvalue weighted by molar-refractivity contribution is 5.67. The molecule has 3 aliphatic heterocycles. The van der Waals surface area contributed by atoms with E-state index in [4.69, 9.17) is 28.4 Å². The fourth-order valence-electron chi connectivity index (χ4n) is 4.04. The number of aliphatic hydroxyl groups is 1. The Hall–Kier alpha value is -1.75. The molecular formula is C22H31NO8. The van der Waals surface area contributed by atoms with Crippen LogP contribution in [0.15, 0.2) is 30.3 Å². The van der Waals surface area contributed by atoms with Gasteiger partial charge in [0.2, 0.25) is 0 Å². The summed E-state index contributed by atoms with van der Waals surface area (Å²) in [6, 6.07) is 8.71. The van der Waals surface area contributed by atoms with Crippen LogP contribution in [0.4, 0.5) is 4.79 Å². The first-order valence-corrected chi connectivity index (χ1v) is 10.8. The van der Waals surface area contributed by atoms with Gasteiger partial charge in [0.15, 0.2) is 18.4 Å². The number of hydrogen-bond donors (Lipinski definition) is 2. The Balaban J connectivity index is 1.37. The minimum Gasteiger partial charge on any atom is -0.445 e. The fraction of sp³-hybridized carbons (Fsp3) is 0.682. The van der Waals surface area contributed by atoms with E-state index in [0.29, 0.717) is 6.61 Å². The molecule has 0 spiro atoms. The third-order valence-corrected chi connectivity index (χ3v) is 5.56. The SMILES string of the molecule is CC1(C)O[C@H]2O[C@H]([C@@H](COC3CCCCO3)NC(=O)OCc3ccccc3)[C@H](O)[C@H]2O1. The first-order chi connectivity index (χ1) is 14.9. The minimum atomic E-state index is -0.998. The number of ether oxygens (including phenoxy) is 6. The average Bonchev–Trinajstić information content (AvgIpc) is 3.23. The van der Waals surface area contributed by atoms with Gasteiger partial charge in [-0.25, -0.2) is 4.79 Å². The van der Waals surface area contributed by atoms with Crippen LogP contribution >= 0.6 is 0 Å². The van der Waals surface area contributed by atoms with E-state index < -0.39 is 42.5 Å². The highest BCUT2D eigenvalue weighted by Gasteiger charge is 2.56. The molecule has 0 aromatic heterocycles. The second kappa shape index (κ2) is 9.81. The highest BCUT2D eigenvalue weighted by atomic mass is 16.8. The van der Waals surface area contributed by atoms with E-state index in [2.05, 4.69) is 5.32 Å². The van der Waals surface area contributed by atoms with Gasteiger partial charge in [-0.1, -0.05) is 30.3 Å². The summed E-state index contributed by atoms with van der Waals surface area (Å²) < 4.78 is 34.2. The number of benzene rings is 1. The number of amides is 1. The monoisotopic (exact) mass is 437 g/mol. The van der Waals surface area contributed by atoms with Gasteiger partial charge in [-0.2, -0.15) is 0 Å². The van der Waals surface area contributed by atoms with E-state index in [1.807, 2.05) is 30.3 Å². The van der Waals surface area contributed by atoms with Gasteiger partial charge in [0, 0.05) is 6.61 Å². The van der Waals surface area contributed by atoms with Crippen molar-refractivity contribution in [1.29, 1.82) is 0 Å². The molecular weight excluding hydrogens is 406 g/mol. The van der Waals surface area contributed by atoms with Gasteiger partial charge < -0.3 is 38.8 Å². The molecule has 1 unspecified atom stereocenters. The quantitative estimate of drug-likeness (QED) is 0.668. The van der Waals surface area contributed by atoms with Crippen molar-refractivity contribution in [2.75, 3.05) is 13.2 Å². The molecule has 2 N–H and O–H groups in total. The Kier molecular flexibility index (Phi) is 7.10. The molecule has 0 bridgehead atoms. The second-order valence-corrected chi connectivity index (χ2v) is 8.50. The Bertz CT molecular complexity index is 723. The summed E-state index contributed by atoms with van der Waals surface area (Å²) >= 11 is 0. The predicted octanol–water partition coefficient (Wildman–Crippen LogP) is 2.06. The number of aliphatic hydroxyl groups excluding tert-OH is 1. The summed E-state index contributed by atoms with van der Waals surface area (Å²) in [6.45, 7) is 4.39. The Morgan fingerprint density at radius 1 is 1.26 bits per heavy atom. The van der Waals surface area contributed by atoms with Crippen molar-refractivity contribution in [3.63, 3.8) is 0 Å². The number of fused-ring (bicyclic) bond motifs is 1. The van der Waals surface area contributed by atoms with Crippen molar-refractivity contribution in [3.05, 3.63) is 35.9 Å². The van der Waals surface area contributed by atoms with Crippen molar-refractivity contribution in [2.45, 2.75) is 82.4 Å². The van der Waals surface area contributed by atoms with Crippen LogP contribution in [0.3, 0.4) is 0 Å². The molecule has 9 heteroatoms. The molecule has 0 aliphatic carbocycles. The largest absolute Gasteiger partial charge is 0.445 e. The Labute approximate surface area is 181 Å². The van der Waals surface area contributed by atoms with E-state index in [0.717, 1.165) is 24.8 Å². The summed E-state index contributed by atoms with van der Waals surface area (Å²) in [5, 5.41) is 13.6. The van der Waals surface area contributed by atoms with Crippen molar-refractivity contribution >= 4 is 6.09 Å². The molecule has 1 aromatic carbocycles. The standard InChI is InChI=1S/C22H31NO8/c1-22(2)30-19-17(24)18(29-20(19)31-22)15(13-27-16-10-6-7-11-26-16)23-21(25)28-12-14-8-4-3-5-9-14/h3-5,8-9,15-20,24H,6-7,10-13H2,1-2H3,(H,23,25)/t15-,16?,17+,18-,19-,20-/m1/s1. The number of carbonyl (C=O) groups excluding carboxylic acids is 1. The maximum Gasteiger partial charge on any atom is 0.407 e. The van der Waals surface area contributed by atoms with E-state index in [1.165, 1.54) is 0 Å². The van der Waals surface area contributed by atoms with Crippen molar-refractivity contribution in [1.82, 2.24) is 5.32 Å². The minimum absolute atomic E-state index is 0.0929. The van der Waals surface area contributed by atoms with Crippen LogP contribution < -0.4 is 5.32 Å². The molecule has 172 valence electrons. The number of alkyl carbamates (subject to hydrolysis) is 1. The normalized spacial score (nSPS) is 32.9. The van der Waals surface area contributed by atoms with E-state index in [1.54, 1.807) is 13.8 Å². The third kappa shape index (κ3) is 5.74. The number of rotatable bonds is 7. The van der Waals surface area contributed by atoms with Gasteiger partial charge in [-0.3, -0.25) is 0 Å². The molecule has 3 heterocycles. The van der Waals surface area contributed by atoms with Gasteiger partial charge >= 0.3 is 6.09 Å². The van der Waals surface area contributed by atoms with Crippen LogP contribution in [-0.2, 0) is 35.0 Å². The smallest absolute Gasteiger partial charge is 0.407 e. The third-order valence-electron chi connectivity index (χ3n) is 5.56. The van der Waals surface area contributed by atoms with Crippen molar-refractivity contribution in [3.8, 4) is 0 Å². The van der Waals surface area contributed by atoms with Crippen LogP contribution in [-0.4, -0.2) is 67.1 Å². The van der Waals surface area contributed by atoms with E-state index in [-0.39, 0.29) is 19.5 Å². The summed E-state index contributed by atoms with van der Waals surface area (Å²) in [7, 11) is 0. The molecule has 3 aliphatic rings. The van der Waals surface area contributed by atoms with E-state index in [9.17, 15) is 9.90 Å². The van der Waals surface area contributed by atoms with Gasteiger partial charge in [-0.05, 0) is 38.7 Å². The van der Waals surface area contributed by atoms with Crippen LogP contribution in [0.1, 0.15) is 38.7 Å². The van der Waals surface area contributed by atoms with Crippen LogP contribution in [0, 0.1) is 0 Å². The lowest BCUT2D eigenvalue weighted by Gasteiger charge is -2.31. The maximum absolute atomic E-state index is 12.5. The molecule has 9 nitrogen and oxygen atoms in total. The zero-order valence-electron chi connectivity index (χ0n) is 17.9. The molecule has 0 saturated carbocycles. The van der Waals surface area contributed by atoms with E-state index >= 15 is 0 Å². The molecule has 0 radical (unpaired) electrons. The first kappa shape index (κ1) is 22.4. The molecule has 3 saturated heterocycles. The Morgan fingerprint density at radius 2 is 2.06 bits per heavy atom. The second-order valence-electron chi connectivity index (χ2n) is 8.50. The van der Waals surface area contributed by atoms with Gasteiger partial charge in [0.25, 0.3) is 0 Å². The lowest BCUT2D eigenvalue weighted by molar-refractivity contribution is -0.223. The molecule has 4 rings (SSSR count). The lowest BCUT2D eigenvalue weighted by Crippen LogP contribution is -2.52.